The summed E-state index contributed by atoms with van der Waals surface area (Å²) in [4.78, 5) is 2.25. The molecule has 1 aliphatic heterocycles. The van der Waals surface area contributed by atoms with Gasteiger partial charge in [0.15, 0.2) is 0 Å². The van der Waals surface area contributed by atoms with Crippen LogP contribution in [0.25, 0.3) is 0 Å². The van der Waals surface area contributed by atoms with Gasteiger partial charge in [0.2, 0.25) is 0 Å². The molecule has 1 fully saturated rings. The van der Waals surface area contributed by atoms with Gasteiger partial charge in [-0.2, -0.15) is 0 Å². The van der Waals surface area contributed by atoms with Gasteiger partial charge in [0.25, 0.3) is 0 Å². The maximum Gasteiger partial charge on any atom is 0.150 e. The first-order chi connectivity index (χ1) is 9.00. The van der Waals surface area contributed by atoms with Gasteiger partial charge in [0.1, 0.15) is 9.84 Å². The Labute approximate surface area is 115 Å². The summed E-state index contributed by atoms with van der Waals surface area (Å²) in [6, 6.07) is 8.24. The molecule has 0 bridgehead atoms. The fourth-order valence-electron chi connectivity index (χ4n) is 2.55. The minimum absolute atomic E-state index is 0.175. The Balaban J connectivity index is 2.03. The van der Waals surface area contributed by atoms with Crippen LogP contribution in [0, 0.1) is 0 Å². The van der Waals surface area contributed by atoms with Crippen molar-refractivity contribution in [3.63, 3.8) is 0 Å². The molecule has 0 aliphatic carbocycles. The second-order valence-corrected chi connectivity index (χ2v) is 7.44. The molecule has 1 aliphatic rings. The average Bonchev–Trinajstić information content (AvgIpc) is 2.39. The van der Waals surface area contributed by atoms with Crippen LogP contribution in [0.15, 0.2) is 24.3 Å². The first-order valence-corrected chi connectivity index (χ1v) is 8.48. The predicted molar refractivity (Wildman–Crippen MR) is 77.2 cm³/mol. The lowest BCUT2D eigenvalue weighted by Crippen LogP contribution is -2.39. The maximum absolute atomic E-state index is 11.5. The van der Waals surface area contributed by atoms with Crippen LogP contribution < -0.4 is 4.90 Å². The number of methoxy groups -OCH3 is 1. The fraction of sp³-hybridized carbons (Fsp3) is 0.571. The highest BCUT2D eigenvalue weighted by Gasteiger charge is 2.26. The Morgan fingerprint density at radius 1 is 1.32 bits per heavy atom. The Kier molecular flexibility index (Phi) is 4.47. The van der Waals surface area contributed by atoms with Crippen molar-refractivity contribution in [3.8, 4) is 0 Å². The molecule has 0 amide bonds. The quantitative estimate of drug-likeness (QED) is 0.846. The molecular formula is C14H21NO3S. The highest BCUT2D eigenvalue weighted by molar-refractivity contribution is 7.91. The summed E-state index contributed by atoms with van der Waals surface area (Å²) in [6.45, 7) is 2.20. The van der Waals surface area contributed by atoms with E-state index < -0.39 is 9.84 Å². The molecule has 0 atom stereocenters. The van der Waals surface area contributed by atoms with E-state index in [1.54, 1.807) is 7.11 Å². The van der Waals surface area contributed by atoms with Gasteiger partial charge in [-0.3, -0.25) is 0 Å². The topological polar surface area (TPSA) is 46.6 Å². The van der Waals surface area contributed by atoms with Crippen molar-refractivity contribution in [1.29, 1.82) is 0 Å². The van der Waals surface area contributed by atoms with Crippen molar-refractivity contribution in [2.75, 3.05) is 31.4 Å². The van der Waals surface area contributed by atoms with Gasteiger partial charge in [-0.05, 0) is 30.5 Å². The molecule has 0 radical (unpaired) electrons. The summed E-state index contributed by atoms with van der Waals surface area (Å²) >= 11 is 0. The van der Waals surface area contributed by atoms with Crippen LogP contribution in [-0.2, 0) is 21.2 Å². The SMILES string of the molecule is COCc1cccc(N2CCC(S(C)(=O)=O)CC2)c1. The van der Waals surface area contributed by atoms with Gasteiger partial charge >= 0.3 is 0 Å². The highest BCUT2D eigenvalue weighted by atomic mass is 32.2. The van der Waals surface area contributed by atoms with Gasteiger partial charge in [-0.15, -0.1) is 0 Å². The summed E-state index contributed by atoms with van der Waals surface area (Å²) < 4.78 is 28.2. The van der Waals surface area contributed by atoms with Gasteiger partial charge < -0.3 is 9.64 Å². The second kappa shape index (κ2) is 5.92. The Bertz CT molecular complexity index is 519. The predicted octanol–water partition coefficient (Wildman–Crippen LogP) is 1.85. The van der Waals surface area contributed by atoms with Gasteiger partial charge in [0, 0.05) is 32.1 Å². The monoisotopic (exact) mass is 283 g/mol. The zero-order chi connectivity index (χ0) is 13.9. The summed E-state index contributed by atoms with van der Waals surface area (Å²) in [5.41, 5.74) is 2.30. The van der Waals surface area contributed by atoms with Gasteiger partial charge in [0.05, 0.1) is 11.9 Å². The van der Waals surface area contributed by atoms with Crippen molar-refractivity contribution < 1.29 is 13.2 Å². The van der Waals surface area contributed by atoms with Gasteiger partial charge in [-0.1, -0.05) is 12.1 Å². The van der Waals surface area contributed by atoms with E-state index in [4.69, 9.17) is 4.74 Å². The lowest BCUT2D eigenvalue weighted by Gasteiger charge is -2.33. The first kappa shape index (κ1) is 14.3. The minimum Gasteiger partial charge on any atom is -0.380 e. The van der Waals surface area contributed by atoms with Crippen LogP contribution in [0.2, 0.25) is 0 Å². The second-order valence-electron chi connectivity index (χ2n) is 5.12. The van der Waals surface area contributed by atoms with E-state index in [0.29, 0.717) is 19.4 Å². The van der Waals surface area contributed by atoms with E-state index in [0.717, 1.165) is 24.3 Å². The number of nitrogens with zero attached hydrogens (tertiary/aromatic N) is 1. The molecule has 0 unspecified atom stereocenters. The molecule has 1 aromatic carbocycles. The van der Waals surface area contributed by atoms with Crippen LogP contribution in [0.3, 0.4) is 0 Å². The van der Waals surface area contributed by atoms with E-state index in [1.165, 1.54) is 6.26 Å². The number of sulfone groups is 1. The molecule has 5 heteroatoms. The number of hydrogen-bond acceptors (Lipinski definition) is 4. The summed E-state index contributed by atoms with van der Waals surface area (Å²) in [7, 11) is -1.21. The third-order valence-corrected chi connectivity index (χ3v) is 5.32. The van der Waals surface area contributed by atoms with E-state index >= 15 is 0 Å². The number of ether oxygens (including phenoxy) is 1. The van der Waals surface area contributed by atoms with E-state index in [2.05, 4.69) is 17.0 Å². The van der Waals surface area contributed by atoms with Crippen LogP contribution in [0.5, 0.6) is 0 Å². The molecule has 1 saturated heterocycles. The average molecular weight is 283 g/mol. The summed E-state index contributed by atoms with van der Waals surface area (Å²) in [5.74, 6) is 0. The molecule has 106 valence electrons. The lowest BCUT2D eigenvalue weighted by atomic mass is 10.1. The zero-order valence-electron chi connectivity index (χ0n) is 11.5. The van der Waals surface area contributed by atoms with Crippen LogP contribution in [0.4, 0.5) is 5.69 Å². The Morgan fingerprint density at radius 3 is 2.58 bits per heavy atom. The largest absolute Gasteiger partial charge is 0.380 e. The highest BCUT2D eigenvalue weighted by Crippen LogP contribution is 2.24. The van der Waals surface area contributed by atoms with E-state index in [-0.39, 0.29) is 5.25 Å². The van der Waals surface area contributed by atoms with E-state index in [1.807, 2.05) is 12.1 Å². The molecule has 0 saturated carbocycles. The normalized spacial score (nSPS) is 17.7. The van der Waals surface area contributed by atoms with Crippen molar-refractivity contribution in [1.82, 2.24) is 0 Å². The maximum atomic E-state index is 11.5. The number of piperidine rings is 1. The Hall–Kier alpha value is -1.07. The molecule has 0 aromatic heterocycles. The molecule has 0 spiro atoms. The fourth-order valence-corrected chi connectivity index (χ4v) is 3.62. The van der Waals surface area contributed by atoms with Crippen molar-refractivity contribution in [3.05, 3.63) is 29.8 Å². The Morgan fingerprint density at radius 2 is 2.00 bits per heavy atom. The third-order valence-electron chi connectivity index (χ3n) is 3.63. The molecule has 19 heavy (non-hydrogen) atoms. The standard InChI is InChI=1S/C14H21NO3S/c1-18-11-12-4-3-5-13(10-12)15-8-6-14(7-9-15)19(2,16)17/h3-5,10,14H,6-9,11H2,1-2H3. The summed E-state index contributed by atoms with van der Waals surface area (Å²) in [5, 5.41) is -0.175. The minimum atomic E-state index is -2.89. The third kappa shape index (κ3) is 3.70. The first-order valence-electron chi connectivity index (χ1n) is 6.52. The number of hydrogen-bond donors (Lipinski definition) is 0. The van der Waals surface area contributed by atoms with Crippen molar-refractivity contribution in [2.24, 2.45) is 0 Å². The smallest absolute Gasteiger partial charge is 0.150 e. The molecule has 2 rings (SSSR count). The number of rotatable bonds is 4. The summed E-state index contributed by atoms with van der Waals surface area (Å²) in [6.07, 6.45) is 2.77. The zero-order valence-corrected chi connectivity index (χ0v) is 12.3. The number of anilines is 1. The van der Waals surface area contributed by atoms with Crippen LogP contribution >= 0.6 is 0 Å². The molecular weight excluding hydrogens is 262 g/mol. The van der Waals surface area contributed by atoms with Crippen LogP contribution in [-0.4, -0.2) is 40.1 Å². The van der Waals surface area contributed by atoms with Gasteiger partial charge in [-0.25, -0.2) is 8.42 Å². The molecule has 1 aromatic rings. The molecule has 1 heterocycles. The van der Waals surface area contributed by atoms with Crippen molar-refractivity contribution in [2.45, 2.75) is 24.7 Å². The van der Waals surface area contributed by atoms with Crippen molar-refractivity contribution >= 4 is 15.5 Å². The van der Waals surface area contributed by atoms with Crippen LogP contribution in [0.1, 0.15) is 18.4 Å². The van der Waals surface area contributed by atoms with E-state index in [9.17, 15) is 8.42 Å². The number of benzene rings is 1. The molecule has 4 nitrogen and oxygen atoms in total. The molecule has 0 N–H and O–H groups in total. The lowest BCUT2D eigenvalue weighted by molar-refractivity contribution is 0.185.